The Labute approximate surface area is 160 Å². The van der Waals surface area contributed by atoms with Gasteiger partial charge in [0.25, 0.3) is 0 Å². The second kappa shape index (κ2) is 8.68. The molecule has 6 heteroatoms. The van der Waals surface area contributed by atoms with E-state index in [1.54, 1.807) is 0 Å². The maximum Gasteiger partial charge on any atom is 0.0777 e. The predicted octanol–water partition coefficient (Wildman–Crippen LogP) is 1.80. The Morgan fingerprint density at radius 1 is 0.731 bits per heavy atom. The number of halogens is 1. The van der Waals surface area contributed by atoms with Crippen LogP contribution in [0.3, 0.4) is 0 Å². The van der Waals surface area contributed by atoms with Gasteiger partial charge in [0.2, 0.25) is 0 Å². The molecule has 0 spiro atoms. The van der Waals surface area contributed by atoms with Crippen LogP contribution < -0.4 is 14.0 Å². The van der Waals surface area contributed by atoms with Crippen molar-refractivity contribution in [2.45, 2.75) is 18.7 Å². The molecule has 0 amide bonds. The molecule has 0 saturated carbocycles. The van der Waals surface area contributed by atoms with Gasteiger partial charge in [0.05, 0.1) is 14.9 Å². The van der Waals surface area contributed by atoms with Crippen LogP contribution in [0.1, 0.15) is 11.1 Å². The van der Waals surface area contributed by atoms with Crippen LogP contribution in [0.15, 0.2) is 71.6 Å². The Hall–Kier alpha value is -1.86. The number of thiol groups is 1. The van der Waals surface area contributed by atoms with Crippen molar-refractivity contribution < 1.29 is 28.9 Å². The molecule has 3 rings (SSSR count). The smallest absolute Gasteiger partial charge is 0.0777 e. The van der Waals surface area contributed by atoms with E-state index in [1.807, 2.05) is 0 Å². The molecule has 0 saturated heterocycles. The van der Waals surface area contributed by atoms with Gasteiger partial charge in [-0.3, -0.25) is 0 Å². The fourth-order valence-corrected chi connectivity index (χ4v) is 2.87. The fraction of sp³-hybridized carbons (Fsp3) is 0.100. The lowest BCUT2D eigenvalue weighted by molar-refractivity contribution is -1.92. The van der Waals surface area contributed by atoms with Gasteiger partial charge < -0.3 is 0 Å². The molecule has 0 aliphatic carbocycles. The zero-order chi connectivity index (χ0) is 19.3. The second-order valence-electron chi connectivity index (χ2n) is 5.83. The average molecular weight is 391 g/mol. The van der Waals surface area contributed by atoms with Crippen LogP contribution in [0.5, 0.6) is 0 Å². The monoisotopic (exact) mass is 390 g/mol. The summed E-state index contributed by atoms with van der Waals surface area (Å²) in [6.45, 7) is 4.22. The standard InChI is InChI=1S/C20H18S.ClHO4/c1-14-6-10-16(11-7-14)18-4-3-5-19(21)20(18)17-12-8-15(2)9-13-17;2-1(3,4)5/h3-13,21H,1-2H3;(H,2,3,4,5). The van der Waals surface area contributed by atoms with Crippen molar-refractivity contribution in [3.05, 3.63) is 77.9 Å². The normalized spacial score (nSPS) is 10.9. The van der Waals surface area contributed by atoms with Crippen LogP contribution >= 0.6 is 12.6 Å². The molecule has 0 unspecified atom stereocenters. The summed E-state index contributed by atoms with van der Waals surface area (Å²) < 4.78 is 32.7. The molecule has 3 aromatic rings. The van der Waals surface area contributed by atoms with Gasteiger partial charge in [0.15, 0.2) is 0 Å². The summed E-state index contributed by atoms with van der Waals surface area (Å²) in [5.41, 5.74) is 7.41. The Morgan fingerprint density at radius 3 is 1.62 bits per heavy atom. The highest BCUT2D eigenvalue weighted by molar-refractivity contribution is 7.80. The van der Waals surface area contributed by atoms with E-state index in [0.717, 1.165) is 4.90 Å². The Balaban J connectivity index is 0.000000431. The number of aryl methyl sites for hydroxylation is 2. The van der Waals surface area contributed by atoms with Crippen LogP contribution in [-0.4, -0.2) is 4.66 Å². The fourth-order valence-electron chi connectivity index (χ4n) is 2.54. The lowest BCUT2D eigenvalue weighted by Crippen LogP contribution is -2.58. The van der Waals surface area contributed by atoms with E-state index in [4.69, 9.17) is 18.6 Å². The van der Waals surface area contributed by atoms with E-state index >= 15 is 0 Å². The van der Waals surface area contributed by atoms with E-state index in [1.165, 1.54) is 33.4 Å². The minimum absolute atomic E-state index is 1.01. The first-order valence-corrected chi connectivity index (χ1v) is 9.45. The van der Waals surface area contributed by atoms with Crippen molar-refractivity contribution in [2.24, 2.45) is 0 Å². The lowest BCUT2D eigenvalue weighted by Gasteiger charge is -2.13. The van der Waals surface area contributed by atoms with Gasteiger partial charge in [-0.15, -0.1) is 12.6 Å². The van der Waals surface area contributed by atoms with E-state index in [2.05, 4.69) is 93.2 Å². The molecule has 136 valence electrons. The molecule has 1 N–H and O–H groups in total. The minimum Gasteiger partial charge on any atom is -0.183 e. The van der Waals surface area contributed by atoms with Gasteiger partial charge in [-0.1, -0.05) is 71.8 Å². The summed E-state index contributed by atoms with van der Waals surface area (Å²) in [5, 5.41) is 0. The SMILES string of the molecule is Cc1ccc(-c2cccc(S)c2-c2ccc(C)cc2)cc1.[O-][Cl+3]([O-])([O-])O. The van der Waals surface area contributed by atoms with Gasteiger partial charge in [0.1, 0.15) is 0 Å². The van der Waals surface area contributed by atoms with Crippen molar-refractivity contribution >= 4 is 12.6 Å². The molecule has 0 aliphatic rings. The Kier molecular flexibility index (Phi) is 6.83. The molecule has 0 atom stereocenters. The van der Waals surface area contributed by atoms with Gasteiger partial charge in [-0.25, -0.2) is 0 Å². The van der Waals surface area contributed by atoms with Crippen LogP contribution in [0.25, 0.3) is 22.3 Å². The van der Waals surface area contributed by atoms with Crippen LogP contribution in [-0.2, 0) is 0 Å². The zero-order valence-corrected chi connectivity index (χ0v) is 16.0. The maximum absolute atomic E-state index is 8.60. The molecule has 0 radical (unpaired) electrons. The largest absolute Gasteiger partial charge is 0.183 e. The first kappa shape index (κ1) is 20.5. The third-order valence-electron chi connectivity index (χ3n) is 3.75. The van der Waals surface area contributed by atoms with Gasteiger partial charge in [0, 0.05) is 10.5 Å². The molecule has 0 heterocycles. The molecular weight excluding hydrogens is 372 g/mol. The van der Waals surface area contributed by atoms with Gasteiger partial charge >= 0.3 is 0 Å². The minimum atomic E-state index is -4.69. The van der Waals surface area contributed by atoms with Gasteiger partial charge in [-0.2, -0.15) is 14.0 Å². The Morgan fingerprint density at radius 2 is 1.15 bits per heavy atom. The van der Waals surface area contributed by atoms with Crippen molar-refractivity contribution in [2.75, 3.05) is 0 Å². The summed E-state index contributed by atoms with van der Waals surface area (Å²) in [7, 11) is -4.69. The summed E-state index contributed by atoms with van der Waals surface area (Å²) in [5.74, 6) is 0. The summed E-state index contributed by atoms with van der Waals surface area (Å²) in [4.78, 5) is 1.01. The molecule has 4 nitrogen and oxygen atoms in total. The van der Waals surface area contributed by atoms with E-state index in [-0.39, 0.29) is 0 Å². The summed E-state index contributed by atoms with van der Waals surface area (Å²) in [6, 6.07) is 23.6. The van der Waals surface area contributed by atoms with Crippen molar-refractivity contribution in [3.63, 3.8) is 0 Å². The topological polar surface area (TPSA) is 89.4 Å². The quantitative estimate of drug-likeness (QED) is 0.653. The van der Waals surface area contributed by atoms with Crippen molar-refractivity contribution in [1.82, 2.24) is 0 Å². The van der Waals surface area contributed by atoms with Crippen molar-refractivity contribution in [1.29, 1.82) is 0 Å². The third kappa shape index (κ3) is 6.14. The highest BCUT2D eigenvalue weighted by Gasteiger charge is 2.10. The number of hydrogen-bond donors (Lipinski definition) is 2. The zero-order valence-electron chi connectivity index (χ0n) is 14.3. The predicted molar refractivity (Wildman–Crippen MR) is 96.3 cm³/mol. The van der Waals surface area contributed by atoms with E-state index in [0.29, 0.717) is 0 Å². The number of hydrogen-bond acceptors (Lipinski definition) is 5. The molecule has 0 aromatic heterocycles. The molecule has 26 heavy (non-hydrogen) atoms. The van der Waals surface area contributed by atoms with E-state index < -0.39 is 10.2 Å². The lowest BCUT2D eigenvalue weighted by atomic mass is 9.93. The highest BCUT2D eigenvalue weighted by atomic mass is 35.7. The molecule has 0 aliphatic heterocycles. The maximum atomic E-state index is 8.60. The summed E-state index contributed by atoms with van der Waals surface area (Å²) >= 11 is 4.68. The molecular formula is C20H19ClO4S. The van der Waals surface area contributed by atoms with Crippen LogP contribution in [0, 0.1) is 24.1 Å². The second-order valence-corrected chi connectivity index (χ2v) is 7.10. The molecule has 0 fully saturated rings. The molecule has 3 aromatic carbocycles. The first-order valence-electron chi connectivity index (χ1n) is 7.74. The molecule has 0 bridgehead atoms. The first-order chi connectivity index (χ1) is 12.1. The summed E-state index contributed by atoms with van der Waals surface area (Å²) in [6.07, 6.45) is 0. The third-order valence-corrected chi connectivity index (χ3v) is 4.12. The van der Waals surface area contributed by atoms with Crippen LogP contribution in [0.4, 0.5) is 0 Å². The number of benzene rings is 3. The Bertz CT molecular complexity index is 850. The van der Waals surface area contributed by atoms with Crippen molar-refractivity contribution in [3.8, 4) is 22.3 Å². The highest BCUT2D eigenvalue weighted by Crippen LogP contribution is 2.36. The number of rotatable bonds is 2. The average Bonchev–Trinajstić information content (AvgIpc) is 2.55. The van der Waals surface area contributed by atoms with E-state index in [9.17, 15) is 0 Å². The van der Waals surface area contributed by atoms with Gasteiger partial charge in [-0.05, 0) is 36.6 Å². The van der Waals surface area contributed by atoms with Crippen LogP contribution in [0.2, 0.25) is 0 Å².